The molecule has 0 saturated carbocycles. The molecule has 0 N–H and O–H groups in total. The number of nitrogens with zero attached hydrogens (tertiary/aromatic N) is 2. The topological polar surface area (TPSA) is 31.0 Å². The van der Waals surface area contributed by atoms with Crippen molar-refractivity contribution in [2.75, 3.05) is 0 Å². The first kappa shape index (κ1) is 17.1. The van der Waals surface area contributed by atoms with Crippen LogP contribution in [0, 0.1) is 45.6 Å². The van der Waals surface area contributed by atoms with Gasteiger partial charge in [-0.15, -0.1) is 5.10 Å². The van der Waals surface area contributed by atoms with Gasteiger partial charge < -0.3 is 4.42 Å². The molecular formula is C14H3F7N2OS. The van der Waals surface area contributed by atoms with Crippen LogP contribution < -0.4 is 0 Å². The van der Waals surface area contributed by atoms with Crippen molar-refractivity contribution in [3.8, 4) is 17.1 Å². The Hall–Kier alpha value is -2.69. The fraction of sp³-hybridized carbons (Fsp3) is 0. The number of rotatable bonds is 2. The number of aromatic nitrogens is 2. The molecule has 2 aromatic carbocycles. The quantitative estimate of drug-likeness (QED) is 0.276. The molecule has 0 bridgehead atoms. The van der Waals surface area contributed by atoms with Crippen LogP contribution in [0.5, 0.6) is 0 Å². The second kappa shape index (κ2) is 5.99. The Morgan fingerprint density at radius 1 is 0.800 bits per heavy atom. The predicted molar refractivity (Wildman–Crippen MR) is 71.8 cm³/mol. The minimum atomic E-state index is -2.14. The summed E-state index contributed by atoms with van der Waals surface area (Å²) in [6.45, 7) is 0. The van der Waals surface area contributed by atoms with Crippen LogP contribution in [0.15, 0.2) is 22.6 Å². The highest BCUT2D eigenvalue weighted by atomic mass is 32.1. The average molecular weight is 380 g/mol. The Morgan fingerprint density at radius 3 is 2.00 bits per heavy atom. The van der Waals surface area contributed by atoms with E-state index in [1.807, 2.05) is 0 Å². The lowest BCUT2D eigenvalue weighted by Crippen LogP contribution is -2.06. The monoisotopic (exact) mass is 380 g/mol. The fourth-order valence-electron chi connectivity index (χ4n) is 1.99. The molecule has 130 valence electrons. The lowest BCUT2D eigenvalue weighted by Gasteiger charge is -2.04. The Bertz CT molecular complexity index is 1040. The molecule has 1 heterocycles. The van der Waals surface area contributed by atoms with Gasteiger partial charge in [-0.1, -0.05) is 0 Å². The van der Waals surface area contributed by atoms with Crippen LogP contribution >= 0.6 is 12.2 Å². The van der Waals surface area contributed by atoms with Gasteiger partial charge in [0, 0.05) is 18.2 Å². The van der Waals surface area contributed by atoms with Gasteiger partial charge in [0.1, 0.15) is 28.7 Å². The van der Waals surface area contributed by atoms with E-state index in [1.165, 1.54) is 0 Å². The standard InChI is InChI=1S/C14H3F7N2OS/c15-4-1-5(16)9(6(17)2-4)13-22-23(14(25)24-13)8-3-7(18)10(19)12(21)11(8)20/h1-3H. The molecule has 1 aromatic heterocycles. The number of hydrogen-bond donors (Lipinski definition) is 0. The Labute approximate surface area is 138 Å². The maximum absolute atomic E-state index is 13.8. The van der Waals surface area contributed by atoms with Crippen LogP contribution in [0.3, 0.4) is 0 Å². The lowest BCUT2D eigenvalue weighted by atomic mass is 10.2. The average Bonchev–Trinajstić information content (AvgIpc) is 2.89. The molecule has 0 aliphatic rings. The SMILES string of the molecule is Fc1cc(F)c(-c2nn(-c3cc(F)c(F)c(F)c3F)c(=S)o2)c(F)c1. The molecule has 3 rings (SSSR count). The van der Waals surface area contributed by atoms with E-state index >= 15 is 0 Å². The molecule has 3 aromatic rings. The molecular weight excluding hydrogens is 377 g/mol. The Morgan fingerprint density at radius 2 is 1.40 bits per heavy atom. The summed E-state index contributed by atoms with van der Waals surface area (Å²) in [6, 6.07) is 0.884. The summed E-state index contributed by atoms with van der Waals surface area (Å²) in [4.78, 5) is -0.748. The number of benzene rings is 2. The van der Waals surface area contributed by atoms with Crippen molar-refractivity contribution in [3.63, 3.8) is 0 Å². The molecule has 11 heteroatoms. The smallest absolute Gasteiger partial charge is 0.292 e. The summed E-state index contributed by atoms with van der Waals surface area (Å²) >= 11 is 4.66. The molecule has 0 aliphatic heterocycles. The molecule has 0 unspecified atom stereocenters. The van der Waals surface area contributed by atoms with Gasteiger partial charge in [-0.25, -0.2) is 30.7 Å². The number of halogens is 7. The van der Waals surface area contributed by atoms with Gasteiger partial charge in [0.05, 0.1) is 0 Å². The zero-order chi connectivity index (χ0) is 18.5. The van der Waals surface area contributed by atoms with Crippen LogP contribution in [0.2, 0.25) is 0 Å². The van der Waals surface area contributed by atoms with Gasteiger partial charge in [0.2, 0.25) is 0 Å². The highest BCUT2D eigenvalue weighted by molar-refractivity contribution is 7.71. The van der Waals surface area contributed by atoms with Crippen molar-refractivity contribution in [1.82, 2.24) is 9.78 Å². The van der Waals surface area contributed by atoms with E-state index in [0.717, 1.165) is 0 Å². The van der Waals surface area contributed by atoms with Crippen molar-refractivity contribution in [2.24, 2.45) is 0 Å². The van der Waals surface area contributed by atoms with Gasteiger partial charge in [-0.05, 0) is 12.2 Å². The van der Waals surface area contributed by atoms with Crippen LogP contribution in [0.25, 0.3) is 17.1 Å². The van der Waals surface area contributed by atoms with E-state index in [9.17, 15) is 30.7 Å². The normalized spacial score (nSPS) is 11.2. The molecule has 0 fully saturated rings. The minimum absolute atomic E-state index is 0.229. The van der Waals surface area contributed by atoms with E-state index in [1.54, 1.807) is 0 Å². The maximum Gasteiger partial charge on any atom is 0.292 e. The van der Waals surface area contributed by atoms with Crippen molar-refractivity contribution in [2.45, 2.75) is 0 Å². The lowest BCUT2D eigenvalue weighted by molar-refractivity contribution is 0.405. The van der Waals surface area contributed by atoms with Crippen molar-refractivity contribution < 1.29 is 35.2 Å². The molecule has 0 aliphatic carbocycles. The van der Waals surface area contributed by atoms with Gasteiger partial charge in [-0.3, -0.25) is 0 Å². The molecule has 0 spiro atoms. The third kappa shape index (κ3) is 2.80. The molecule has 0 amide bonds. The van der Waals surface area contributed by atoms with E-state index in [4.69, 9.17) is 4.42 Å². The third-order valence-corrected chi connectivity index (χ3v) is 3.34. The summed E-state index contributed by atoms with van der Waals surface area (Å²) in [5.41, 5.74) is -1.92. The highest BCUT2D eigenvalue weighted by Crippen LogP contribution is 2.28. The van der Waals surface area contributed by atoms with Gasteiger partial charge >= 0.3 is 0 Å². The molecule has 0 atom stereocenters. The van der Waals surface area contributed by atoms with Crippen molar-refractivity contribution in [3.05, 3.63) is 63.8 Å². The molecule has 0 radical (unpaired) electrons. The Balaban J connectivity index is 2.23. The van der Waals surface area contributed by atoms with Crippen LogP contribution in [-0.2, 0) is 0 Å². The second-order valence-electron chi connectivity index (χ2n) is 4.65. The first-order chi connectivity index (χ1) is 11.7. The largest absolute Gasteiger partial charge is 0.409 e. The molecule has 0 saturated heterocycles. The van der Waals surface area contributed by atoms with Crippen LogP contribution in [-0.4, -0.2) is 9.78 Å². The van der Waals surface area contributed by atoms with E-state index < -0.39 is 62.7 Å². The summed E-state index contributed by atoms with van der Waals surface area (Å²) in [5.74, 6) is -12.7. The minimum Gasteiger partial charge on any atom is -0.409 e. The zero-order valence-corrected chi connectivity index (χ0v) is 12.4. The first-order valence-electron chi connectivity index (χ1n) is 6.29. The number of hydrogen-bond acceptors (Lipinski definition) is 3. The summed E-state index contributed by atoms with van der Waals surface area (Å²) in [6.07, 6.45) is 0. The zero-order valence-electron chi connectivity index (χ0n) is 11.6. The maximum atomic E-state index is 13.8. The van der Waals surface area contributed by atoms with Crippen molar-refractivity contribution in [1.29, 1.82) is 0 Å². The summed E-state index contributed by atoms with van der Waals surface area (Å²) in [7, 11) is 0. The fourth-order valence-corrected chi connectivity index (χ4v) is 2.21. The van der Waals surface area contributed by atoms with Crippen LogP contribution in [0.1, 0.15) is 0 Å². The highest BCUT2D eigenvalue weighted by Gasteiger charge is 2.24. The van der Waals surface area contributed by atoms with Gasteiger partial charge in [0.15, 0.2) is 23.3 Å². The first-order valence-corrected chi connectivity index (χ1v) is 6.70. The molecule has 25 heavy (non-hydrogen) atoms. The van der Waals surface area contributed by atoms with Gasteiger partial charge in [-0.2, -0.15) is 4.68 Å². The van der Waals surface area contributed by atoms with Gasteiger partial charge in [0.25, 0.3) is 10.7 Å². The van der Waals surface area contributed by atoms with E-state index in [0.29, 0.717) is 16.8 Å². The van der Waals surface area contributed by atoms with Crippen molar-refractivity contribution >= 4 is 12.2 Å². The Kier molecular flexibility index (Phi) is 4.11. The van der Waals surface area contributed by atoms with E-state index in [-0.39, 0.29) is 6.07 Å². The summed E-state index contributed by atoms with van der Waals surface area (Å²) in [5, 5.41) is 3.42. The second-order valence-corrected chi connectivity index (χ2v) is 5.00. The van der Waals surface area contributed by atoms with E-state index in [2.05, 4.69) is 17.3 Å². The van der Waals surface area contributed by atoms with Crippen LogP contribution in [0.4, 0.5) is 30.7 Å². The summed E-state index contributed by atoms with van der Waals surface area (Å²) < 4.78 is 98.9. The molecule has 3 nitrogen and oxygen atoms in total. The predicted octanol–water partition coefficient (Wildman–Crippen LogP) is 4.84. The third-order valence-electron chi connectivity index (χ3n) is 3.08.